The quantitative estimate of drug-likeness (QED) is 0.852. The first-order chi connectivity index (χ1) is 10.0. The summed E-state index contributed by atoms with van der Waals surface area (Å²) < 4.78 is 0. The maximum Gasteiger partial charge on any atom is 0.303 e. The average Bonchev–Trinajstić information content (AvgIpc) is 2.86. The molecule has 0 radical (unpaired) electrons. The Morgan fingerprint density at radius 3 is 2.95 bits per heavy atom. The molecule has 0 unspecified atom stereocenters. The van der Waals surface area contributed by atoms with Crippen molar-refractivity contribution in [2.24, 2.45) is 0 Å². The largest absolute Gasteiger partial charge is 0.481 e. The first-order valence-corrected chi connectivity index (χ1v) is 7.39. The van der Waals surface area contributed by atoms with Crippen LogP contribution in [0.15, 0.2) is 23.7 Å². The fourth-order valence-corrected chi connectivity index (χ4v) is 2.49. The summed E-state index contributed by atoms with van der Waals surface area (Å²) in [6, 6.07) is 3.06. The second kappa shape index (κ2) is 7.14. The van der Waals surface area contributed by atoms with Crippen LogP contribution >= 0.6 is 22.9 Å². The number of aromatic nitrogens is 2. The first-order valence-electron chi connectivity index (χ1n) is 6.13. The molecule has 8 heteroatoms. The molecule has 0 bridgehead atoms. The van der Waals surface area contributed by atoms with Gasteiger partial charge in [-0.15, -0.1) is 11.3 Å². The first kappa shape index (κ1) is 15.4. The summed E-state index contributed by atoms with van der Waals surface area (Å²) in [4.78, 5) is 30.5. The van der Waals surface area contributed by atoms with E-state index in [0.717, 1.165) is 5.69 Å². The predicted molar refractivity (Wildman–Crippen MR) is 79.9 cm³/mol. The lowest BCUT2D eigenvalue weighted by atomic mass is 10.2. The van der Waals surface area contributed by atoms with Crippen molar-refractivity contribution in [2.45, 2.75) is 19.3 Å². The molecule has 6 nitrogen and oxygen atoms in total. The molecule has 2 heterocycles. The molecule has 0 aromatic carbocycles. The lowest BCUT2D eigenvalue weighted by molar-refractivity contribution is -0.137. The van der Waals surface area contributed by atoms with Gasteiger partial charge >= 0.3 is 5.97 Å². The summed E-state index contributed by atoms with van der Waals surface area (Å²) in [5.41, 5.74) is 0.973. The molecular weight excluding hydrogens is 314 g/mol. The Bertz CT molecular complexity index is 660. The van der Waals surface area contributed by atoms with Gasteiger partial charge in [-0.1, -0.05) is 11.6 Å². The summed E-state index contributed by atoms with van der Waals surface area (Å²) in [7, 11) is 0. The Labute approximate surface area is 129 Å². The summed E-state index contributed by atoms with van der Waals surface area (Å²) in [5.74, 6) is -1.21. The van der Waals surface area contributed by atoms with Crippen LogP contribution in [-0.4, -0.2) is 27.0 Å². The number of hydrogen-bond donors (Lipinski definition) is 2. The number of rotatable bonds is 6. The van der Waals surface area contributed by atoms with Crippen LogP contribution in [0.2, 0.25) is 5.02 Å². The van der Waals surface area contributed by atoms with Gasteiger partial charge in [0.1, 0.15) is 5.69 Å². The summed E-state index contributed by atoms with van der Waals surface area (Å²) >= 11 is 7.08. The molecule has 2 aromatic heterocycles. The number of nitrogens with one attached hydrogen (secondary N) is 1. The topological polar surface area (TPSA) is 92.2 Å². The SMILES string of the molecule is O=C(O)CCCc1csc(NC(=O)c2cc(Cl)ccn2)n1. The Kier molecular flexibility index (Phi) is 5.24. The number of halogens is 1. The van der Waals surface area contributed by atoms with Crippen molar-refractivity contribution < 1.29 is 14.7 Å². The lowest BCUT2D eigenvalue weighted by Gasteiger charge is -2.01. The number of carboxylic acids is 1. The van der Waals surface area contributed by atoms with Crippen LogP contribution in [0.1, 0.15) is 29.0 Å². The Balaban J connectivity index is 1.93. The zero-order chi connectivity index (χ0) is 15.2. The molecule has 0 spiro atoms. The molecule has 0 fully saturated rings. The molecular formula is C13H12ClN3O3S. The van der Waals surface area contributed by atoms with Crippen molar-refractivity contribution >= 4 is 39.9 Å². The predicted octanol–water partition coefficient (Wildman–Crippen LogP) is 2.85. The van der Waals surface area contributed by atoms with Crippen molar-refractivity contribution in [1.29, 1.82) is 0 Å². The number of aliphatic carboxylic acids is 1. The Hall–Kier alpha value is -1.99. The Morgan fingerprint density at radius 2 is 2.24 bits per heavy atom. The van der Waals surface area contributed by atoms with Crippen LogP contribution in [0.5, 0.6) is 0 Å². The molecule has 0 saturated heterocycles. The maximum atomic E-state index is 11.9. The molecule has 2 N–H and O–H groups in total. The van der Waals surface area contributed by atoms with E-state index in [-0.39, 0.29) is 18.0 Å². The van der Waals surface area contributed by atoms with Crippen LogP contribution in [-0.2, 0) is 11.2 Å². The molecule has 110 valence electrons. The highest BCUT2D eigenvalue weighted by Crippen LogP contribution is 2.18. The van der Waals surface area contributed by atoms with Crippen LogP contribution in [0.25, 0.3) is 0 Å². The number of aryl methyl sites for hydroxylation is 1. The number of amides is 1. The third-order valence-electron chi connectivity index (χ3n) is 2.55. The van der Waals surface area contributed by atoms with E-state index in [1.54, 1.807) is 11.4 Å². The molecule has 0 saturated carbocycles. The molecule has 0 atom stereocenters. The van der Waals surface area contributed by atoms with E-state index >= 15 is 0 Å². The van der Waals surface area contributed by atoms with E-state index in [4.69, 9.17) is 16.7 Å². The highest BCUT2D eigenvalue weighted by molar-refractivity contribution is 7.13. The lowest BCUT2D eigenvalue weighted by Crippen LogP contribution is -2.13. The number of carbonyl (C=O) groups excluding carboxylic acids is 1. The normalized spacial score (nSPS) is 10.3. The van der Waals surface area contributed by atoms with E-state index in [2.05, 4.69) is 15.3 Å². The van der Waals surface area contributed by atoms with Gasteiger partial charge in [0.25, 0.3) is 5.91 Å². The average molecular weight is 326 g/mol. The van der Waals surface area contributed by atoms with Crippen LogP contribution < -0.4 is 5.32 Å². The third kappa shape index (κ3) is 4.80. The minimum atomic E-state index is -0.828. The van der Waals surface area contributed by atoms with Crippen molar-refractivity contribution in [3.63, 3.8) is 0 Å². The monoisotopic (exact) mass is 325 g/mol. The number of carbonyl (C=O) groups is 2. The summed E-state index contributed by atoms with van der Waals surface area (Å²) in [6.07, 6.45) is 2.64. The van der Waals surface area contributed by atoms with Gasteiger partial charge in [0, 0.05) is 23.0 Å². The minimum absolute atomic E-state index is 0.103. The number of thiazole rings is 1. The summed E-state index contributed by atoms with van der Waals surface area (Å²) in [6.45, 7) is 0. The van der Waals surface area contributed by atoms with Crippen LogP contribution in [0.4, 0.5) is 5.13 Å². The molecule has 21 heavy (non-hydrogen) atoms. The van der Waals surface area contributed by atoms with Crippen molar-refractivity contribution in [1.82, 2.24) is 9.97 Å². The zero-order valence-electron chi connectivity index (χ0n) is 10.9. The van der Waals surface area contributed by atoms with Gasteiger partial charge < -0.3 is 5.11 Å². The van der Waals surface area contributed by atoms with Crippen molar-refractivity contribution in [3.05, 3.63) is 40.1 Å². The number of anilines is 1. The molecule has 0 aliphatic heterocycles. The fourth-order valence-electron chi connectivity index (χ4n) is 1.59. The maximum absolute atomic E-state index is 11.9. The fraction of sp³-hybridized carbons (Fsp3) is 0.231. The van der Waals surface area contributed by atoms with Crippen molar-refractivity contribution in [3.8, 4) is 0 Å². The Morgan fingerprint density at radius 1 is 1.43 bits per heavy atom. The highest BCUT2D eigenvalue weighted by atomic mass is 35.5. The molecule has 2 aromatic rings. The smallest absolute Gasteiger partial charge is 0.303 e. The van der Waals surface area contributed by atoms with Crippen LogP contribution in [0.3, 0.4) is 0 Å². The standard InChI is InChI=1S/C13H12ClN3O3S/c14-8-4-5-15-10(6-8)12(20)17-13-16-9(7-21-13)2-1-3-11(18)19/h4-7H,1-3H2,(H,18,19)(H,16,17,20). The molecule has 0 aliphatic carbocycles. The third-order valence-corrected chi connectivity index (χ3v) is 3.59. The second-order valence-electron chi connectivity index (χ2n) is 4.20. The number of hydrogen-bond acceptors (Lipinski definition) is 5. The van der Waals surface area contributed by atoms with Gasteiger partial charge in [0.05, 0.1) is 5.69 Å². The summed E-state index contributed by atoms with van der Waals surface area (Å²) in [5, 5.41) is 13.9. The van der Waals surface area contributed by atoms with Gasteiger partial charge in [0.2, 0.25) is 0 Å². The van der Waals surface area contributed by atoms with E-state index in [9.17, 15) is 9.59 Å². The minimum Gasteiger partial charge on any atom is -0.481 e. The van der Waals surface area contributed by atoms with Gasteiger partial charge in [-0.2, -0.15) is 0 Å². The van der Waals surface area contributed by atoms with Gasteiger partial charge in [0.15, 0.2) is 5.13 Å². The van der Waals surface area contributed by atoms with Gasteiger partial charge in [-0.25, -0.2) is 4.98 Å². The molecule has 0 aliphatic rings. The van der Waals surface area contributed by atoms with E-state index in [1.165, 1.54) is 23.6 Å². The van der Waals surface area contributed by atoms with Crippen LogP contribution in [0, 0.1) is 0 Å². The van der Waals surface area contributed by atoms with E-state index in [0.29, 0.717) is 23.0 Å². The highest BCUT2D eigenvalue weighted by Gasteiger charge is 2.11. The van der Waals surface area contributed by atoms with E-state index < -0.39 is 5.97 Å². The number of pyridine rings is 1. The molecule has 2 rings (SSSR count). The van der Waals surface area contributed by atoms with Crippen molar-refractivity contribution in [2.75, 3.05) is 5.32 Å². The van der Waals surface area contributed by atoms with E-state index in [1.807, 2.05) is 0 Å². The number of nitrogens with zero attached hydrogens (tertiary/aromatic N) is 2. The van der Waals surface area contributed by atoms with Gasteiger partial charge in [-0.3, -0.25) is 19.9 Å². The van der Waals surface area contributed by atoms with Gasteiger partial charge in [-0.05, 0) is 25.0 Å². The number of carboxylic acid groups (broad SMARTS) is 1. The zero-order valence-corrected chi connectivity index (χ0v) is 12.4. The molecule has 1 amide bonds. The second-order valence-corrected chi connectivity index (χ2v) is 5.50.